The Hall–Kier alpha value is -4.90. The monoisotopic (exact) mass is 631 g/mol. The van der Waals surface area contributed by atoms with Crippen LogP contribution < -0.4 is 15.0 Å². The lowest BCUT2D eigenvalue weighted by atomic mass is 9.86. The first-order chi connectivity index (χ1) is 22.2. The molecule has 0 bridgehead atoms. The van der Waals surface area contributed by atoms with Crippen LogP contribution in [0.3, 0.4) is 0 Å². The molecule has 1 saturated heterocycles. The predicted octanol–water partition coefficient (Wildman–Crippen LogP) is 6.77. The average molecular weight is 632 g/mol. The number of rotatable bonds is 7. The van der Waals surface area contributed by atoms with Crippen LogP contribution in [0.25, 0.3) is 22.6 Å². The molecule has 0 saturated carbocycles. The van der Waals surface area contributed by atoms with Crippen LogP contribution in [0.5, 0.6) is 5.75 Å². The molecular formula is C35H32F3N3O5. The molecule has 6 rings (SSSR count). The molecule has 46 heavy (non-hydrogen) atoms. The summed E-state index contributed by atoms with van der Waals surface area (Å²) in [4.78, 5) is 33.5. The highest BCUT2D eigenvalue weighted by atomic mass is 19.4. The number of allylic oxidation sites excluding steroid dienone is 1. The molecule has 3 aromatic carbocycles. The average Bonchev–Trinajstić information content (AvgIpc) is 3.06. The molecule has 1 N–H and O–H groups in total. The van der Waals surface area contributed by atoms with E-state index in [4.69, 9.17) is 19.2 Å². The van der Waals surface area contributed by atoms with Gasteiger partial charge in [-0.3, -0.25) is 4.79 Å². The van der Waals surface area contributed by atoms with Crippen LogP contribution in [-0.2, 0) is 26.9 Å². The molecule has 11 heteroatoms. The number of halogens is 3. The van der Waals surface area contributed by atoms with Crippen molar-refractivity contribution in [2.24, 2.45) is 0 Å². The van der Waals surface area contributed by atoms with Crippen molar-refractivity contribution in [1.29, 1.82) is 0 Å². The number of hydrogen-bond acceptors (Lipinski definition) is 7. The summed E-state index contributed by atoms with van der Waals surface area (Å²) in [7, 11) is 1.61. The Morgan fingerprint density at radius 3 is 2.52 bits per heavy atom. The highest BCUT2D eigenvalue weighted by Crippen LogP contribution is 2.38. The first-order valence-corrected chi connectivity index (χ1v) is 15.0. The number of benzene rings is 3. The molecule has 0 spiro atoms. The number of nitrogens with one attached hydrogen (secondary N) is 1. The summed E-state index contributed by atoms with van der Waals surface area (Å²) in [5.74, 6) is -0.711. The fourth-order valence-electron chi connectivity index (χ4n) is 5.89. The van der Waals surface area contributed by atoms with E-state index in [-0.39, 0.29) is 5.69 Å². The van der Waals surface area contributed by atoms with Gasteiger partial charge in [0.05, 0.1) is 54.0 Å². The Balaban J connectivity index is 1.26. The Kier molecular flexibility index (Phi) is 8.94. The minimum Gasteiger partial charge on any atom is -0.497 e. The van der Waals surface area contributed by atoms with Crippen LogP contribution in [0.15, 0.2) is 66.7 Å². The fraction of sp³-hybridized carbons (Fsp3) is 0.286. The van der Waals surface area contributed by atoms with E-state index in [9.17, 15) is 22.8 Å². The van der Waals surface area contributed by atoms with Gasteiger partial charge < -0.3 is 24.4 Å². The van der Waals surface area contributed by atoms with Crippen molar-refractivity contribution in [3.05, 3.63) is 94.7 Å². The van der Waals surface area contributed by atoms with Crippen molar-refractivity contribution in [3.63, 3.8) is 0 Å². The Bertz CT molecular complexity index is 1800. The lowest BCUT2D eigenvalue weighted by molar-refractivity contribution is -0.137. The van der Waals surface area contributed by atoms with Crippen molar-refractivity contribution >= 4 is 45.8 Å². The summed E-state index contributed by atoms with van der Waals surface area (Å²) < 4.78 is 56.8. The van der Waals surface area contributed by atoms with Gasteiger partial charge in [0.15, 0.2) is 6.61 Å². The SMILES string of the molecule is COc1ccc(C=C2CCCc3c2nc2ccccc2c3C(=O)OCC(=O)Nc2cc(C(F)(F)F)ccc2N2CCOCC2)cc1. The molecule has 238 valence electrons. The number of fused-ring (bicyclic) bond motifs is 2. The molecule has 1 aromatic heterocycles. The number of morpholine rings is 1. The third kappa shape index (κ3) is 6.69. The Morgan fingerprint density at radius 2 is 1.78 bits per heavy atom. The van der Waals surface area contributed by atoms with Crippen LogP contribution in [-0.4, -0.2) is 56.9 Å². The first-order valence-electron chi connectivity index (χ1n) is 15.0. The fourth-order valence-corrected chi connectivity index (χ4v) is 5.89. The van der Waals surface area contributed by atoms with Gasteiger partial charge in [-0.1, -0.05) is 30.3 Å². The van der Waals surface area contributed by atoms with E-state index in [1.54, 1.807) is 19.2 Å². The highest BCUT2D eigenvalue weighted by molar-refractivity contribution is 6.07. The number of aromatic nitrogens is 1. The molecule has 0 atom stereocenters. The molecule has 0 radical (unpaired) electrons. The smallest absolute Gasteiger partial charge is 0.416 e. The van der Waals surface area contributed by atoms with Crippen LogP contribution >= 0.6 is 0 Å². The van der Waals surface area contributed by atoms with E-state index in [2.05, 4.69) is 5.32 Å². The van der Waals surface area contributed by atoms with E-state index in [1.165, 1.54) is 6.07 Å². The molecule has 1 amide bonds. The predicted molar refractivity (Wildman–Crippen MR) is 169 cm³/mol. The number of amides is 1. The summed E-state index contributed by atoms with van der Waals surface area (Å²) in [6.07, 6.45) is -0.406. The normalized spacial score (nSPS) is 15.8. The van der Waals surface area contributed by atoms with Crippen molar-refractivity contribution in [2.45, 2.75) is 25.4 Å². The molecule has 1 fully saturated rings. The van der Waals surface area contributed by atoms with Gasteiger partial charge in [-0.25, -0.2) is 9.78 Å². The zero-order chi connectivity index (χ0) is 32.3. The van der Waals surface area contributed by atoms with Gasteiger partial charge >= 0.3 is 12.1 Å². The van der Waals surface area contributed by atoms with Gasteiger partial charge in [0.2, 0.25) is 0 Å². The quantitative estimate of drug-likeness (QED) is 0.225. The molecular weight excluding hydrogens is 599 g/mol. The largest absolute Gasteiger partial charge is 0.497 e. The molecule has 2 aliphatic rings. The first kappa shape index (κ1) is 31.1. The number of esters is 1. The minimum absolute atomic E-state index is 0.0159. The molecule has 8 nitrogen and oxygen atoms in total. The van der Waals surface area contributed by atoms with Gasteiger partial charge in [0.1, 0.15) is 5.75 Å². The number of para-hydroxylation sites is 1. The lowest BCUT2D eigenvalue weighted by Crippen LogP contribution is -2.37. The van der Waals surface area contributed by atoms with Crippen molar-refractivity contribution in [3.8, 4) is 5.75 Å². The summed E-state index contributed by atoms with van der Waals surface area (Å²) in [6.45, 7) is 1.05. The van der Waals surface area contributed by atoms with Crippen LogP contribution in [0.2, 0.25) is 0 Å². The van der Waals surface area contributed by atoms with E-state index >= 15 is 0 Å². The van der Waals surface area contributed by atoms with Crippen LogP contribution in [0.4, 0.5) is 24.5 Å². The molecule has 2 heterocycles. The molecule has 1 aliphatic carbocycles. The number of nitrogens with zero attached hydrogens (tertiary/aromatic N) is 2. The maximum Gasteiger partial charge on any atom is 0.416 e. The number of hydrogen-bond donors (Lipinski definition) is 1. The van der Waals surface area contributed by atoms with Gasteiger partial charge in [0.25, 0.3) is 5.91 Å². The highest BCUT2D eigenvalue weighted by Gasteiger charge is 2.32. The van der Waals surface area contributed by atoms with Crippen molar-refractivity contribution in [1.82, 2.24) is 4.98 Å². The second-order valence-corrected chi connectivity index (χ2v) is 11.1. The Labute approximate surface area is 263 Å². The molecule has 0 unspecified atom stereocenters. The number of carbonyl (C=O) groups is 2. The summed E-state index contributed by atoms with van der Waals surface area (Å²) >= 11 is 0. The van der Waals surface area contributed by atoms with Crippen LogP contribution in [0, 0.1) is 0 Å². The summed E-state index contributed by atoms with van der Waals surface area (Å²) in [5.41, 5.74) is 3.85. The minimum atomic E-state index is -4.60. The third-order valence-corrected chi connectivity index (χ3v) is 8.12. The topological polar surface area (TPSA) is 90.0 Å². The van der Waals surface area contributed by atoms with Gasteiger partial charge in [0, 0.05) is 18.5 Å². The second-order valence-electron chi connectivity index (χ2n) is 11.1. The summed E-state index contributed by atoms with van der Waals surface area (Å²) in [5, 5.41) is 3.14. The number of pyridine rings is 1. The van der Waals surface area contributed by atoms with Crippen molar-refractivity contribution in [2.75, 3.05) is 50.2 Å². The zero-order valence-electron chi connectivity index (χ0n) is 25.2. The lowest BCUT2D eigenvalue weighted by Gasteiger charge is -2.31. The standard InChI is InChI=1S/C35H32F3N3O5/c1-44-25-12-9-22(10-13-25)19-23-5-4-7-27-32(26-6-2-3-8-28(26)40-33(23)27)34(43)46-21-31(42)39-29-20-24(35(36,37)38)11-14-30(29)41-15-17-45-18-16-41/h2-3,6,8-14,19-20H,4-5,7,15-18,21H2,1H3,(H,39,42). The molecule has 1 aliphatic heterocycles. The van der Waals surface area contributed by atoms with Crippen LogP contribution in [0.1, 0.15) is 45.6 Å². The van der Waals surface area contributed by atoms with E-state index < -0.39 is 30.2 Å². The second kappa shape index (κ2) is 13.2. The van der Waals surface area contributed by atoms with Gasteiger partial charge in [-0.15, -0.1) is 0 Å². The third-order valence-electron chi connectivity index (χ3n) is 8.12. The van der Waals surface area contributed by atoms with Gasteiger partial charge in [-0.05, 0) is 78.4 Å². The number of carbonyl (C=O) groups excluding carboxylic acids is 2. The number of methoxy groups -OCH3 is 1. The molecule has 4 aromatic rings. The maximum atomic E-state index is 13.7. The number of anilines is 2. The van der Waals surface area contributed by atoms with Gasteiger partial charge in [-0.2, -0.15) is 13.2 Å². The van der Waals surface area contributed by atoms with E-state index in [1.807, 2.05) is 47.4 Å². The van der Waals surface area contributed by atoms with Crippen molar-refractivity contribution < 1.29 is 37.0 Å². The number of ether oxygens (including phenoxy) is 3. The van der Waals surface area contributed by atoms with E-state index in [0.717, 1.165) is 47.4 Å². The van der Waals surface area contributed by atoms with E-state index in [0.29, 0.717) is 60.6 Å². The zero-order valence-corrected chi connectivity index (χ0v) is 25.2. The summed E-state index contributed by atoms with van der Waals surface area (Å²) in [6, 6.07) is 18.1. The number of alkyl halides is 3. The Morgan fingerprint density at radius 1 is 1.02 bits per heavy atom. The maximum absolute atomic E-state index is 13.7.